The van der Waals surface area contributed by atoms with Crippen LogP contribution in [0.1, 0.15) is 15.9 Å². The number of amides is 1. The Morgan fingerprint density at radius 3 is 2.52 bits per heavy atom. The van der Waals surface area contributed by atoms with Crippen LogP contribution in [0.15, 0.2) is 42.6 Å². The molecule has 0 spiro atoms. The number of hydrogen-bond acceptors (Lipinski definition) is 6. The maximum atomic E-state index is 12.5. The maximum absolute atomic E-state index is 12.5. The molecule has 0 aliphatic carbocycles. The van der Waals surface area contributed by atoms with Crippen LogP contribution < -0.4 is 10.2 Å². The van der Waals surface area contributed by atoms with Crippen LogP contribution in [-0.4, -0.2) is 63.7 Å². The van der Waals surface area contributed by atoms with Crippen molar-refractivity contribution in [3.8, 4) is 0 Å². The van der Waals surface area contributed by atoms with Crippen molar-refractivity contribution in [1.82, 2.24) is 9.88 Å². The molecule has 0 bridgehead atoms. The number of benzene rings is 1. The van der Waals surface area contributed by atoms with E-state index in [1.54, 1.807) is 30.5 Å². The first-order chi connectivity index (χ1) is 12.8. The molecule has 144 valence electrons. The molecule has 1 aromatic heterocycles. The molecule has 1 aromatic carbocycles. The van der Waals surface area contributed by atoms with Crippen molar-refractivity contribution in [1.29, 1.82) is 0 Å². The molecule has 2 aromatic rings. The number of nitrogens with zero attached hydrogens (tertiary/aromatic N) is 3. The molecule has 2 heterocycles. The van der Waals surface area contributed by atoms with E-state index in [1.807, 2.05) is 12.1 Å². The second kappa shape index (κ2) is 8.06. The van der Waals surface area contributed by atoms with Crippen LogP contribution in [0, 0.1) is 0 Å². The van der Waals surface area contributed by atoms with Gasteiger partial charge in [-0.1, -0.05) is 12.1 Å². The van der Waals surface area contributed by atoms with Gasteiger partial charge in [0.1, 0.15) is 5.82 Å². The number of rotatable bonds is 5. The lowest BCUT2D eigenvalue weighted by molar-refractivity contribution is 0.102. The second-order valence-electron chi connectivity index (χ2n) is 6.92. The highest BCUT2D eigenvalue weighted by molar-refractivity contribution is 7.89. The molecular weight excluding hydrogens is 364 g/mol. The third-order valence-corrected chi connectivity index (χ3v) is 5.31. The fraction of sp³-hybridized carbons (Fsp3) is 0.368. The number of sulfone groups is 1. The molecule has 0 saturated carbocycles. The van der Waals surface area contributed by atoms with Crippen molar-refractivity contribution in [2.24, 2.45) is 0 Å². The molecule has 0 radical (unpaired) electrons. The summed E-state index contributed by atoms with van der Waals surface area (Å²) in [5, 5.41) is 2.81. The van der Waals surface area contributed by atoms with E-state index in [-0.39, 0.29) is 11.7 Å². The van der Waals surface area contributed by atoms with Crippen LogP contribution in [0.25, 0.3) is 0 Å². The number of carbonyl (C=O) groups is 1. The predicted octanol–water partition coefficient (Wildman–Crippen LogP) is 1.63. The smallest absolute Gasteiger partial charge is 0.255 e. The van der Waals surface area contributed by atoms with Crippen molar-refractivity contribution in [3.05, 3.63) is 53.7 Å². The molecule has 27 heavy (non-hydrogen) atoms. The van der Waals surface area contributed by atoms with Gasteiger partial charge in [0.25, 0.3) is 5.91 Å². The molecule has 1 aliphatic rings. The van der Waals surface area contributed by atoms with Crippen molar-refractivity contribution in [2.75, 3.05) is 49.7 Å². The minimum atomic E-state index is -3.15. The number of likely N-dealkylation sites (N-methyl/N-ethyl adjacent to an activating group) is 1. The summed E-state index contributed by atoms with van der Waals surface area (Å²) in [6, 6.07) is 10.4. The number of anilines is 2. The number of nitrogens with one attached hydrogen (secondary N) is 1. The van der Waals surface area contributed by atoms with E-state index >= 15 is 0 Å². The van der Waals surface area contributed by atoms with E-state index in [0.717, 1.165) is 32.0 Å². The quantitative estimate of drug-likeness (QED) is 0.838. The summed E-state index contributed by atoms with van der Waals surface area (Å²) in [6.07, 6.45) is 2.82. The molecule has 1 N–H and O–H groups in total. The zero-order chi connectivity index (χ0) is 19.4. The van der Waals surface area contributed by atoms with Crippen molar-refractivity contribution in [2.45, 2.75) is 5.75 Å². The summed E-state index contributed by atoms with van der Waals surface area (Å²) in [5.74, 6) is 0.519. The summed E-state index contributed by atoms with van der Waals surface area (Å²) in [6.45, 7) is 3.87. The Balaban J connectivity index is 1.65. The highest BCUT2D eigenvalue weighted by Crippen LogP contribution is 2.17. The van der Waals surface area contributed by atoms with Gasteiger partial charge in [-0.2, -0.15) is 0 Å². The lowest BCUT2D eigenvalue weighted by atomic mass is 10.1. The monoisotopic (exact) mass is 388 g/mol. The lowest BCUT2D eigenvalue weighted by Gasteiger charge is -2.33. The van der Waals surface area contributed by atoms with Crippen molar-refractivity contribution in [3.63, 3.8) is 0 Å². The predicted molar refractivity (Wildman–Crippen MR) is 107 cm³/mol. The Morgan fingerprint density at radius 1 is 1.15 bits per heavy atom. The third kappa shape index (κ3) is 5.51. The second-order valence-corrected chi connectivity index (χ2v) is 9.06. The fourth-order valence-electron chi connectivity index (χ4n) is 2.99. The molecule has 1 amide bonds. The first-order valence-corrected chi connectivity index (χ1v) is 10.8. The minimum absolute atomic E-state index is 0.0879. The van der Waals surface area contributed by atoms with Gasteiger partial charge in [-0.05, 0) is 36.9 Å². The van der Waals surface area contributed by atoms with E-state index in [1.165, 1.54) is 6.26 Å². The van der Waals surface area contributed by atoms with Gasteiger partial charge < -0.3 is 15.1 Å². The van der Waals surface area contributed by atoms with E-state index in [9.17, 15) is 13.2 Å². The molecule has 3 rings (SSSR count). The summed E-state index contributed by atoms with van der Waals surface area (Å²) in [7, 11) is -1.04. The van der Waals surface area contributed by atoms with Gasteiger partial charge in [0, 0.05) is 38.0 Å². The average molecular weight is 388 g/mol. The average Bonchev–Trinajstić information content (AvgIpc) is 2.62. The van der Waals surface area contributed by atoms with E-state index < -0.39 is 9.84 Å². The molecule has 0 unspecified atom stereocenters. The van der Waals surface area contributed by atoms with Crippen LogP contribution in [0.4, 0.5) is 11.5 Å². The summed E-state index contributed by atoms with van der Waals surface area (Å²) < 4.78 is 22.9. The number of pyridine rings is 1. The van der Waals surface area contributed by atoms with E-state index in [2.05, 4.69) is 27.1 Å². The molecule has 1 fully saturated rings. The van der Waals surface area contributed by atoms with E-state index in [4.69, 9.17) is 0 Å². The Kier molecular flexibility index (Phi) is 5.76. The standard InChI is InChI=1S/C19H24N4O3S/c1-22-8-10-23(11-9-22)18-7-6-17(13-20-18)21-19(24)16-5-3-4-15(12-16)14-27(2,25)26/h3-7,12-13H,8-11,14H2,1-2H3,(H,21,24). The van der Waals surface area contributed by atoms with Crippen LogP contribution in [0.2, 0.25) is 0 Å². The van der Waals surface area contributed by atoms with Gasteiger partial charge >= 0.3 is 0 Å². The zero-order valence-electron chi connectivity index (χ0n) is 15.6. The summed E-state index contributed by atoms with van der Waals surface area (Å²) >= 11 is 0. The third-order valence-electron chi connectivity index (χ3n) is 4.45. The molecule has 1 aliphatic heterocycles. The maximum Gasteiger partial charge on any atom is 0.255 e. The highest BCUT2D eigenvalue weighted by Gasteiger charge is 2.15. The first-order valence-electron chi connectivity index (χ1n) is 8.78. The van der Waals surface area contributed by atoms with Gasteiger partial charge in [0.05, 0.1) is 17.6 Å². The van der Waals surface area contributed by atoms with Gasteiger partial charge in [-0.15, -0.1) is 0 Å². The zero-order valence-corrected chi connectivity index (χ0v) is 16.4. The lowest BCUT2D eigenvalue weighted by Crippen LogP contribution is -2.44. The van der Waals surface area contributed by atoms with Crippen LogP contribution in [-0.2, 0) is 15.6 Å². The van der Waals surface area contributed by atoms with Crippen LogP contribution in [0.5, 0.6) is 0 Å². The van der Waals surface area contributed by atoms with E-state index in [0.29, 0.717) is 16.8 Å². The molecular formula is C19H24N4O3S. The summed E-state index contributed by atoms with van der Waals surface area (Å²) in [5.41, 5.74) is 1.61. The van der Waals surface area contributed by atoms with Gasteiger partial charge in [-0.3, -0.25) is 4.79 Å². The molecule has 7 nitrogen and oxygen atoms in total. The van der Waals surface area contributed by atoms with Gasteiger partial charge in [0.2, 0.25) is 0 Å². The SMILES string of the molecule is CN1CCN(c2ccc(NC(=O)c3cccc(CS(C)(=O)=O)c3)cn2)CC1. The van der Waals surface area contributed by atoms with Gasteiger partial charge in [-0.25, -0.2) is 13.4 Å². The molecule has 1 saturated heterocycles. The normalized spacial score (nSPS) is 15.6. The summed E-state index contributed by atoms with van der Waals surface area (Å²) in [4.78, 5) is 21.4. The topological polar surface area (TPSA) is 82.6 Å². The Morgan fingerprint density at radius 2 is 1.89 bits per heavy atom. The number of aromatic nitrogens is 1. The molecule has 0 atom stereocenters. The van der Waals surface area contributed by atoms with Gasteiger partial charge in [0.15, 0.2) is 9.84 Å². The number of piperazine rings is 1. The Hall–Kier alpha value is -2.45. The molecule has 8 heteroatoms. The van der Waals surface area contributed by atoms with Crippen LogP contribution in [0.3, 0.4) is 0 Å². The van der Waals surface area contributed by atoms with Crippen LogP contribution >= 0.6 is 0 Å². The highest BCUT2D eigenvalue weighted by atomic mass is 32.2. The largest absolute Gasteiger partial charge is 0.354 e. The fourth-order valence-corrected chi connectivity index (χ4v) is 3.78. The van der Waals surface area contributed by atoms with Crippen molar-refractivity contribution < 1.29 is 13.2 Å². The Bertz CT molecular complexity index is 905. The minimum Gasteiger partial charge on any atom is -0.354 e. The number of hydrogen-bond donors (Lipinski definition) is 1. The first kappa shape index (κ1) is 19.3. The number of carbonyl (C=O) groups excluding carboxylic acids is 1. The Labute approximate surface area is 159 Å². The van der Waals surface area contributed by atoms with Crippen molar-refractivity contribution >= 4 is 27.2 Å².